The number of fused-ring (bicyclic) bond motifs is 1. The molecule has 1 unspecified atom stereocenters. The maximum Gasteiger partial charge on any atom is 0.166 e. The molecule has 16 heavy (non-hydrogen) atoms. The fourth-order valence-electron chi connectivity index (χ4n) is 2.41. The van der Waals surface area contributed by atoms with Crippen molar-refractivity contribution in [1.29, 1.82) is 0 Å². The van der Waals surface area contributed by atoms with Crippen LogP contribution in [0.4, 0.5) is 0 Å². The molecule has 1 aliphatic heterocycles. The maximum atomic E-state index is 6.29. The average molecular weight is 219 g/mol. The number of nitrogens with two attached hydrogens (primary N) is 1. The first-order chi connectivity index (χ1) is 7.86. The second-order valence-electron chi connectivity index (χ2n) is 4.59. The molecule has 2 N–H and O–H groups in total. The first-order valence-corrected chi connectivity index (χ1v) is 6.00. The molecule has 1 aromatic carbocycles. The minimum Gasteiger partial charge on any atom is -0.486 e. The lowest BCUT2D eigenvalue weighted by Crippen LogP contribution is -2.28. The Bertz CT molecular complexity index is 388. The van der Waals surface area contributed by atoms with Gasteiger partial charge in [0, 0.05) is 11.6 Å². The monoisotopic (exact) mass is 219 g/mol. The summed E-state index contributed by atoms with van der Waals surface area (Å²) < 4.78 is 11.3. The summed E-state index contributed by atoms with van der Waals surface area (Å²) in [7, 11) is 0. The summed E-state index contributed by atoms with van der Waals surface area (Å²) in [6.45, 7) is 1.26. The normalized spacial score (nSPS) is 21.3. The molecule has 1 atom stereocenters. The first kappa shape index (κ1) is 9.97. The van der Waals surface area contributed by atoms with Crippen molar-refractivity contribution in [1.82, 2.24) is 0 Å². The van der Waals surface area contributed by atoms with Crippen LogP contribution in [-0.4, -0.2) is 13.2 Å². The second kappa shape index (κ2) is 3.98. The van der Waals surface area contributed by atoms with Gasteiger partial charge >= 0.3 is 0 Å². The van der Waals surface area contributed by atoms with Crippen molar-refractivity contribution in [2.24, 2.45) is 11.7 Å². The van der Waals surface area contributed by atoms with Crippen LogP contribution in [0.5, 0.6) is 11.5 Å². The van der Waals surface area contributed by atoms with Crippen LogP contribution in [0, 0.1) is 5.92 Å². The molecule has 0 aromatic heterocycles. The van der Waals surface area contributed by atoms with Gasteiger partial charge in [-0.05, 0) is 24.8 Å². The molecule has 0 amide bonds. The van der Waals surface area contributed by atoms with E-state index in [9.17, 15) is 0 Å². The lowest BCUT2D eigenvalue weighted by Gasteiger charge is -2.33. The molecule has 0 bridgehead atoms. The molecule has 2 aliphatic rings. The van der Waals surface area contributed by atoms with Crippen LogP contribution in [0.1, 0.15) is 30.9 Å². The minimum atomic E-state index is 0.102. The van der Waals surface area contributed by atoms with Gasteiger partial charge in [-0.2, -0.15) is 0 Å². The average Bonchev–Trinajstić information content (AvgIpc) is 2.26. The van der Waals surface area contributed by atoms with E-state index in [2.05, 4.69) is 6.07 Å². The second-order valence-corrected chi connectivity index (χ2v) is 4.59. The van der Waals surface area contributed by atoms with Gasteiger partial charge < -0.3 is 15.2 Å². The number of hydrogen-bond acceptors (Lipinski definition) is 3. The summed E-state index contributed by atoms with van der Waals surface area (Å²) >= 11 is 0. The van der Waals surface area contributed by atoms with Crippen molar-refractivity contribution in [3.63, 3.8) is 0 Å². The van der Waals surface area contributed by atoms with E-state index >= 15 is 0 Å². The molecular weight excluding hydrogens is 202 g/mol. The van der Waals surface area contributed by atoms with Gasteiger partial charge in [-0.3, -0.25) is 0 Å². The molecule has 1 saturated carbocycles. The molecule has 3 rings (SSSR count). The number of benzene rings is 1. The van der Waals surface area contributed by atoms with Gasteiger partial charge in [0.25, 0.3) is 0 Å². The number of hydrogen-bond donors (Lipinski definition) is 1. The highest BCUT2D eigenvalue weighted by Gasteiger charge is 2.29. The SMILES string of the molecule is NC(c1cccc2c1OCCO2)C1CCC1. The number of para-hydroxylation sites is 1. The highest BCUT2D eigenvalue weighted by molar-refractivity contribution is 5.49. The van der Waals surface area contributed by atoms with Gasteiger partial charge in [-0.1, -0.05) is 18.6 Å². The Kier molecular flexibility index (Phi) is 2.48. The van der Waals surface area contributed by atoms with E-state index in [-0.39, 0.29) is 6.04 Å². The fourth-order valence-corrected chi connectivity index (χ4v) is 2.41. The smallest absolute Gasteiger partial charge is 0.166 e. The van der Waals surface area contributed by atoms with Crippen molar-refractivity contribution in [2.45, 2.75) is 25.3 Å². The Morgan fingerprint density at radius 3 is 2.75 bits per heavy atom. The number of rotatable bonds is 2. The van der Waals surface area contributed by atoms with E-state index in [0.29, 0.717) is 19.1 Å². The van der Waals surface area contributed by atoms with E-state index in [1.54, 1.807) is 0 Å². The Labute approximate surface area is 95.5 Å². The third kappa shape index (κ3) is 1.55. The summed E-state index contributed by atoms with van der Waals surface area (Å²) in [5, 5.41) is 0. The van der Waals surface area contributed by atoms with Crippen molar-refractivity contribution >= 4 is 0 Å². The van der Waals surface area contributed by atoms with Crippen molar-refractivity contribution in [3.8, 4) is 11.5 Å². The molecule has 3 heteroatoms. The van der Waals surface area contributed by atoms with Gasteiger partial charge in [-0.15, -0.1) is 0 Å². The van der Waals surface area contributed by atoms with E-state index < -0.39 is 0 Å². The van der Waals surface area contributed by atoms with Crippen LogP contribution >= 0.6 is 0 Å². The first-order valence-electron chi connectivity index (χ1n) is 6.00. The maximum absolute atomic E-state index is 6.29. The largest absolute Gasteiger partial charge is 0.486 e. The van der Waals surface area contributed by atoms with Crippen LogP contribution in [0.3, 0.4) is 0 Å². The predicted octanol–water partition coefficient (Wildman–Crippen LogP) is 2.26. The zero-order chi connectivity index (χ0) is 11.0. The van der Waals surface area contributed by atoms with Gasteiger partial charge in [0.1, 0.15) is 13.2 Å². The summed E-state index contributed by atoms with van der Waals surface area (Å²) in [5.41, 5.74) is 7.40. The topological polar surface area (TPSA) is 44.5 Å². The Hall–Kier alpha value is -1.22. The molecule has 1 aliphatic carbocycles. The molecule has 1 aromatic rings. The highest BCUT2D eigenvalue weighted by atomic mass is 16.6. The molecule has 3 nitrogen and oxygen atoms in total. The predicted molar refractivity (Wildman–Crippen MR) is 61.7 cm³/mol. The zero-order valence-corrected chi connectivity index (χ0v) is 9.32. The van der Waals surface area contributed by atoms with Crippen LogP contribution in [-0.2, 0) is 0 Å². The third-order valence-electron chi connectivity index (χ3n) is 3.61. The summed E-state index contributed by atoms with van der Waals surface area (Å²) in [4.78, 5) is 0. The highest BCUT2D eigenvalue weighted by Crippen LogP contribution is 2.43. The molecule has 86 valence electrons. The van der Waals surface area contributed by atoms with Crippen molar-refractivity contribution in [2.75, 3.05) is 13.2 Å². The molecular formula is C13H17NO2. The van der Waals surface area contributed by atoms with Gasteiger partial charge in [0.2, 0.25) is 0 Å². The third-order valence-corrected chi connectivity index (χ3v) is 3.61. The number of ether oxygens (including phenoxy) is 2. The van der Waals surface area contributed by atoms with Gasteiger partial charge in [0.05, 0.1) is 0 Å². The fraction of sp³-hybridized carbons (Fsp3) is 0.538. The zero-order valence-electron chi connectivity index (χ0n) is 9.32. The van der Waals surface area contributed by atoms with Crippen LogP contribution in [0.15, 0.2) is 18.2 Å². The van der Waals surface area contributed by atoms with Crippen LogP contribution < -0.4 is 15.2 Å². The quantitative estimate of drug-likeness (QED) is 0.829. The van der Waals surface area contributed by atoms with E-state index in [1.165, 1.54) is 19.3 Å². The van der Waals surface area contributed by atoms with Crippen LogP contribution in [0.2, 0.25) is 0 Å². The van der Waals surface area contributed by atoms with Gasteiger partial charge in [-0.25, -0.2) is 0 Å². The molecule has 1 heterocycles. The molecule has 0 spiro atoms. The minimum absolute atomic E-state index is 0.102. The standard InChI is InChI=1S/C13H17NO2/c14-12(9-3-1-4-9)10-5-2-6-11-13(10)16-8-7-15-11/h2,5-6,9,12H,1,3-4,7-8,14H2. The summed E-state index contributed by atoms with van der Waals surface area (Å²) in [6, 6.07) is 6.12. The summed E-state index contributed by atoms with van der Waals surface area (Å²) in [6.07, 6.45) is 3.79. The lowest BCUT2D eigenvalue weighted by atomic mass is 9.77. The Balaban J connectivity index is 1.93. The van der Waals surface area contributed by atoms with Crippen molar-refractivity contribution < 1.29 is 9.47 Å². The van der Waals surface area contributed by atoms with E-state index in [4.69, 9.17) is 15.2 Å². The van der Waals surface area contributed by atoms with Crippen molar-refractivity contribution in [3.05, 3.63) is 23.8 Å². The lowest BCUT2D eigenvalue weighted by molar-refractivity contribution is 0.166. The Morgan fingerprint density at radius 1 is 1.19 bits per heavy atom. The van der Waals surface area contributed by atoms with Crippen LogP contribution in [0.25, 0.3) is 0 Å². The van der Waals surface area contributed by atoms with E-state index in [0.717, 1.165) is 17.1 Å². The summed E-state index contributed by atoms with van der Waals surface area (Å²) in [5.74, 6) is 2.34. The molecule has 0 saturated heterocycles. The molecule has 1 fully saturated rings. The van der Waals surface area contributed by atoms with Gasteiger partial charge in [0.15, 0.2) is 11.5 Å². The molecule has 0 radical (unpaired) electrons. The van der Waals surface area contributed by atoms with E-state index in [1.807, 2.05) is 12.1 Å². The Morgan fingerprint density at radius 2 is 2.00 bits per heavy atom.